The van der Waals surface area contributed by atoms with E-state index < -0.39 is 38.1 Å². The van der Waals surface area contributed by atoms with E-state index >= 15 is 0 Å². The van der Waals surface area contributed by atoms with Crippen molar-refractivity contribution in [2.75, 3.05) is 0 Å². The van der Waals surface area contributed by atoms with Crippen molar-refractivity contribution in [3.05, 3.63) is 0 Å². The highest BCUT2D eigenvalue weighted by molar-refractivity contribution is 6.80. The van der Waals surface area contributed by atoms with Gasteiger partial charge in [-0.05, 0) is 13.5 Å². The lowest BCUT2D eigenvalue weighted by atomic mass is 9.95. The quantitative estimate of drug-likeness (QED) is 0.432. The van der Waals surface area contributed by atoms with Crippen LogP contribution in [0.25, 0.3) is 0 Å². The Balaban J connectivity index is 3.20. The van der Waals surface area contributed by atoms with E-state index in [9.17, 15) is 9.59 Å². The van der Waals surface area contributed by atoms with Crippen molar-refractivity contribution in [3.63, 3.8) is 0 Å². The number of terminal acetylenes is 2. The molecule has 6 heteroatoms. The molecule has 1 aliphatic rings. The fraction of sp³-hybridized carbons (Fsp3) is 0.571. The van der Waals surface area contributed by atoms with Crippen LogP contribution in [0.5, 0.6) is 0 Å². The topological polar surface area (TPSA) is 61.8 Å². The monoisotopic (exact) mass is 294 g/mol. The van der Waals surface area contributed by atoms with Crippen molar-refractivity contribution in [2.45, 2.75) is 51.2 Å². The van der Waals surface area contributed by atoms with Crippen molar-refractivity contribution >= 4 is 20.3 Å². The van der Waals surface area contributed by atoms with Gasteiger partial charge in [-0.2, -0.15) is 0 Å². The minimum Gasteiger partial charge on any atom is -0.459 e. The van der Waals surface area contributed by atoms with E-state index in [2.05, 4.69) is 11.5 Å². The van der Waals surface area contributed by atoms with Gasteiger partial charge in [-0.3, -0.25) is 9.59 Å². The van der Waals surface area contributed by atoms with E-state index in [4.69, 9.17) is 26.7 Å². The summed E-state index contributed by atoms with van der Waals surface area (Å²) in [6.45, 7) is 5.96. The van der Waals surface area contributed by atoms with Crippen LogP contribution in [0.4, 0.5) is 0 Å². The minimum absolute atomic E-state index is 0.332. The van der Waals surface area contributed by atoms with Crippen molar-refractivity contribution < 1.29 is 23.5 Å². The lowest BCUT2D eigenvalue weighted by molar-refractivity contribution is -0.180. The molecule has 0 aromatic heterocycles. The predicted molar refractivity (Wildman–Crippen MR) is 74.7 cm³/mol. The Morgan fingerprint density at radius 3 is 2.25 bits per heavy atom. The summed E-state index contributed by atoms with van der Waals surface area (Å²) < 4.78 is 16.3. The highest BCUT2D eigenvalue weighted by Crippen LogP contribution is 2.37. The molecule has 4 unspecified atom stereocenters. The predicted octanol–water partition coefficient (Wildman–Crippen LogP) is 1.02. The lowest BCUT2D eigenvalue weighted by Crippen LogP contribution is -2.63. The molecule has 4 atom stereocenters. The molecule has 0 aromatic rings. The molecule has 1 fully saturated rings. The van der Waals surface area contributed by atoms with Gasteiger partial charge in [0, 0.05) is 19.9 Å². The average molecular weight is 294 g/mol. The molecule has 1 rings (SSSR count). The Labute approximate surface area is 120 Å². The van der Waals surface area contributed by atoms with Crippen molar-refractivity contribution in [1.82, 2.24) is 0 Å². The first-order valence-corrected chi connectivity index (χ1v) is 8.77. The van der Waals surface area contributed by atoms with Gasteiger partial charge in [-0.1, -0.05) is 5.92 Å². The Morgan fingerprint density at radius 1 is 1.30 bits per heavy atom. The zero-order chi connectivity index (χ0) is 15.6. The number of ether oxygens (including phenoxy) is 2. The smallest absolute Gasteiger partial charge is 0.303 e. The van der Waals surface area contributed by atoms with Crippen LogP contribution >= 0.6 is 0 Å². The molecule has 0 spiro atoms. The summed E-state index contributed by atoms with van der Waals surface area (Å²) >= 11 is 0. The molecule has 0 amide bonds. The molecule has 0 aliphatic carbocycles. The molecule has 108 valence electrons. The summed E-state index contributed by atoms with van der Waals surface area (Å²) in [5.74, 6) is 1.47. The molecule has 1 heterocycles. The third-order valence-electron chi connectivity index (χ3n) is 3.11. The summed E-state index contributed by atoms with van der Waals surface area (Å²) in [5.41, 5.74) is 1.43. The van der Waals surface area contributed by atoms with E-state index in [1.165, 1.54) is 13.8 Å². The Bertz CT molecular complexity index is 503. The number of esters is 2. The van der Waals surface area contributed by atoms with Crippen molar-refractivity contribution in [3.8, 4) is 24.3 Å². The maximum atomic E-state index is 11.3. The van der Waals surface area contributed by atoms with Gasteiger partial charge in [0.1, 0.15) is 6.10 Å². The minimum atomic E-state index is -2.57. The van der Waals surface area contributed by atoms with E-state index in [1.54, 1.807) is 6.92 Å². The van der Waals surface area contributed by atoms with Crippen LogP contribution in [0.15, 0.2) is 0 Å². The van der Waals surface area contributed by atoms with E-state index in [0.29, 0.717) is 6.04 Å². The summed E-state index contributed by atoms with van der Waals surface area (Å²) in [7, 11) is -2.57. The third-order valence-corrected chi connectivity index (χ3v) is 5.78. The normalized spacial score (nSPS) is 36.3. The summed E-state index contributed by atoms with van der Waals surface area (Å²) in [4.78, 5) is 22.5. The molecular formula is C14H18O5Si. The van der Waals surface area contributed by atoms with Crippen LogP contribution in [-0.2, 0) is 23.5 Å². The number of rotatable bonds is 2. The van der Waals surface area contributed by atoms with E-state index in [-0.39, 0.29) is 0 Å². The molecule has 20 heavy (non-hydrogen) atoms. The Morgan fingerprint density at radius 2 is 1.85 bits per heavy atom. The average Bonchev–Trinajstić information content (AvgIpc) is 2.33. The molecule has 1 aliphatic heterocycles. The van der Waals surface area contributed by atoms with Crippen LogP contribution in [0, 0.1) is 24.3 Å². The zero-order valence-corrected chi connectivity index (χ0v) is 13.1. The standard InChI is InChI=1S/C14H18O5Si/c1-7-14(5)13(18-11(4)16)12(17-10(3)15)9-20(6,8-2)19-14/h1-2,12-13H,9H2,3-6H3. The SMILES string of the molecule is C#CC1(C)O[Si](C)(C#C)CC(OC(C)=O)C1OC(C)=O. The summed E-state index contributed by atoms with van der Waals surface area (Å²) in [6, 6.07) is 0.332. The molecule has 0 radical (unpaired) electrons. The van der Waals surface area contributed by atoms with E-state index in [0.717, 1.165) is 0 Å². The first-order valence-electron chi connectivity index (χ1n) is 6.16. The van der Waals surface area contributed by atoms with E-state index in [1.807, 2.05) is 6.55 Å². The number of hydrogen-bond donors (Lipinski definition) is 0. The van der Waals surface area contributed by atoms with Gasteiger partial charge in [-0.15, -0.1) is 18.4 Å². The first-order chi connectivity index (χ1) is 9.15. The molecule has 0 N–H and O–H groups in total. The van der Waals surface area contributed by atoms with Gasteiger partial charge < -0.3 is 13.9 Å². The van der Waals surface area contributed by atoms with Crippen LogP contribution < -0.4 is 0 Å². The second-order valence-electron chi connectivity index (χ2n) is 5.11. The second kappa shape index (κ2) is 5.70. The Hall–Kier alpha value is -1.76. The van der Waals surface area contributed by atoms with Crippen LogP contribution in [-0.4, -0.2) is 38.1 Å². The highest BCUT2D eigenvalue weighted by Gasteiger charge is 2.55. The first kappa shape index (κ1) is 16.3. The largest absolute Gasteiger partial charge is 0.459 e. The van der Waals surface area contributed by atoms with Crippen LogP contribution in [0.1, 0.15) is 20.8 Å². The highest BCUT2D eigenvalue weighted by atomic mass is 28.4. The molecule has 0 saturated carbocycles. The van der Waals surface area contributed by atoms with Crippen molar-refractivity contribution in [2.24, 2.45) is 0 Å². The molecule has 0 aromatic carbocycles. The third kappa shape index (κ3) is 3.41. The lowest BCUT2D eigenvalue weighted by Gasteiger charge is -2.46. The van der Waals surface area contributed by atoms with Crippen molar-refractivity contribution in [1.29, 1.82) is 0 Å². The maximum Gasteiger partial charge on any atom is 0.303 e. The van der Waals surface area contributed by atoms with Gasteiger partial charge in [0.15, 0.2) is 11.7 Å². The number of hydrogen-bond acceptors (Lipinski definition) is 5. The maximum absolute atomic E-state index is 11.3. The Kier molecular flexibility index (Phi) is 4.64. The summed E-state index contributed by atoms with van der Waals surface area (Å²) in [6.07, 6.45) is 9.47. The molecule has 1 saturated heterocycles. The van der Waals surface area contributed by atoms with Gasteiger partial charge in [0.25, 0.3) is 8.32 Å². The number of carbonyl (C=O) groups is 2. The zero-order valence-electron chi connectivity index (χ0n) is 12.1. The van der Waals surface area contributed by atoms with Gasteiger partial charge >= 0.3 is 11.9 Å². The van der Waals surface area contributed by atoms with Gasteiger partial charge in [-0.25, -0.2) is 0 Å². The fourth-order valence-corrected chi connectivity index (χ4v) is 4.73. The van der Waals surface area contributed by atoms with Crippen LogP contribution in [0.3, 0.4) is 0 Å². The summed E-state index contributed by atoms with van der Waals surface area (Å²) in [5, 5.41) is 0. The van der Waals surface area contributed by atoms with Gasteiger partial charge in [0.2, 0.25) is 0 Å². The number of carbonyl (C=O) groups excluding carboxylic acids is 2. The second-order valence-corrected chi connectivity index (χ2v) is 8.47. The van der Waals surface area contributed by atoms with Gasteiger partial charge in [0.05, 0.1) is 0 Å². The molecular weight excluding hydrogens is 276 g/mol. The fourth-order valence-electron chi connectivity index (χ4n) is 2.30. The molecule has 0 bridgehead atoms. The van der Waals surface area contributed by atoms with Crippen LogP contribution in [0.2, 0.25) is 12.6 Å². The molecule has 5 nitrogen and oxygen atoms in total.